The third kappa shape index (κ3) is 1.73. The zero-order valence-electron chi connectivity index (χ0n) is 6.14. The fraction of sp³-hybridized carbons (Fsp3) is 0.143. The van der Waals surface area contributed by atoms with Gasteiger partial charge in [0.15, 0.2) is 0 Å². The number of halogens is 1. The highest BCUT2D eigenvalue weighted by Crippen LogP contribution is 2.22. The Labute approximate surface area is 82.2 Å². The standard InChI is InChI=1S/C7H6BrN3S/c8-7-2-1-6(12-7)3-11-5-9-4-10-11/h1-2,4-5H,3H2. The molecule has 0 aliphatic rings. The quantitative estimate of drug-likeness (QED) is 0.810. The number of hydrogen-bond acceptors (Lipinski definition) is 3. The van der Waals surface area contributed by atoms with Crippen molar-refractivity contribution in [2.75, 3.05) is 0 Å². The van der Waals surface area contributed by atoms with E-state index in [1.165, 1.54) is 4.88 Å². The lowest BCUT2D eigenvalue weighted by atomic mass is 10.5. The lowest BCUT2D eigenvalue weighted by Gasteiger charge is -1.94. The minimum Gasteiger partial charge on any atom is -0.248 e. The van der Waals surface area contributed by atoms with E-state index in [1.54, 1.807) is 28.7 Å². The molecule has 2 aromatic rings. The second kappa shape index (κ2) is 3.37. The van der Waals surface area contributed by atoms with Crippen LogP contribution < -0.4 is 0 Å². The van der Waals surface area contributed by atoms with Gasteiger partial charge in [0.1, 0.15) is 12.7 Å². The van der Waals surface area contributed by atoms with Gasteiger partial charge in [0.2, 0.25) is 0 Å². The van der Waals surface area contributed by atoms with E-state index in [2.05, 4.69) is 32.1 Å². The molecule has 12 heavy (non-hydrogen) atoms. The summed E-state index contributed by atoms with van der Waals surface area (Å²) in [6.45, 7) is 0.802. The van der Waals surface area contributed by atoms with Crippen molar-refractivity contribution < 1.29 is 0 Å². The topological polar surface area (TPSA) is 30.7 Å². The first-order valence-electron chi connectivity index (χ1n) is 3.41. The highest BCUT2D eigenvalue weighted by atomic mass is 79.9. The van der Waals surface area contributed by atoms with E-state index in [4.69, 9.17) is 0 Å². The molecule has 0 saturated carbocycles. The Morgan fingerprint density at radius 3 is 3.00 bits per heavy atom. The summed E-state index contributed by atoms with van der Waals surface area (Å²) in [5, 5.41) is 4.02. The van der Waals surface area contributed by atoms with Gasteiger partial charge in [-0.15, -0.1) is 11.3 Å². The molecular weight excluding hydrogens is 238 g/mol. The normalized spacial score (nSPS) is 10.4. The van der Waals surface area contributed by atoms with Gasteiger partial charge in [-0.05, 0) is 28.1 Å². The molecule has 0 fully saturated rings. The molecule has 0 radical (unpaired) electrons. The van der Waals surface area contributed by atoms with Gasteiger partial charge < -0.3 is 0 Å². The fourth-order valence-corrected chi connectivity index (χ4v) is 2.39. The second-order valence-corrected chi connectivity index (χ2v) is 4.85. The van der Waals surface area contributed by atoms with Crippen LogP contribution in [0.1, 0.15) is 4.88 Å². The molecule has 0 aliphatic carbocycles. The van der Waals surface area contributed by atoms with Crippen LogP contribution in [0.3, 0.4) is 0 Å². The molecule has 2 heterocycles. The molecule has 5 heteroatoms. The summed E-state index contributed by atoms with van der Waals surface area (Å²) in [5.41, 5.74) is 0. The van der Waals surface area contributed by atoms with Crippen molar-refractivity contribution in [3.05, 3.63) is 33.5 Å². The molecule has 0 spiro atoms. The average molecular weight is 244 g/mol. The minimum atomic E-state index is 0.802. The predicted molar refractivity (Wildman–Crippen MR) is 51.1 cm³/mol. The molecule has 0 amide bonds. The largest absolute Gasteiger partial charge is 0.248 e. The molecule has 62 valence electrons. The Kier molecular flexibility index (Phi) is 2.23. The second-order valence-electron chi connectivity index (χ2n) is 2.30. The van der Waals surface area contributed by atoms with Gasteiger partial charge in [0, 0.05) is 4.88 Å². The Balaban J connectivity index is 2.14. The van der Waals surface area contributed by atoms with Gasteiger partial charge in [0.05, 0.1) is 10.3 Å². The summed E-state index contributed by atoms with van der Waals surface area (Å²) < 4.78 is 2.95. The number of hydrogen-bond donors (Lipinski definition) is 0. The van der Waals surface area contributed by atoms with E-state index in [1.807, 2.05) is 6.07 Å². The van der Waals surface area contributed by atoms with Crippen molar-refractivity contribution in [1.82, 2.24) is 14.8 Å². The molecule has 2 aromatic heterocycles. The van der Waals surface area contributed by atoms with Gasteiger partial charge in [0.25, 0.3) is 0 Å². The monoisotopic (exact) mass is 243 g/mol. The number of aromatic nitrogens is 3. The lowest BCUT2D eigenvalue weighted by Crippen LogP contribution is -1.97. The number of nitrogens with zero attached hydrogens (tertiary/aromatic N) is 3. The summed E-state index contributed by atoms with van der Waals surface area (Å²) in [6, 6.07) is 4.12. The minimum absolute atomic E-state index is 0.802. The number of rotatable bonds is 2. The van der Waals surface area contributed by atoms with E-state index in [0.717, 1.165) is 10.3 Å². The Bertz CT molecular complexity index is 354. The van der Waals surface area contributed by atoms with E-state index in [9.17, 15) is 0 Å². The fourth-order valence-electron chi connectivity index (χ4n) is 0.911. The van der Waals surface area contributed by atoms with Gasteiger partial charge in [-0.3, -0.25) is 0 Å². The van der Waals surface area contributed by atoms with E-state index >= 15 is 0 Å². The van der Waals surface area contributed by atoms with Crippen LogP contribution in [-0.2, 0) is 6.54 Å². The van der Waals surface area contributed by atoms with Gasteiger partial charge in [-0.1, -0.05) is 0 Å². The Morgan fingerprint density at radius 2 is 2.42 bits per heavy atom. The van der Waals surface area contributed by atoms with Crippen LogP contribution in [0.25, 0.3) is 0 Å². The van der Waals surface area contributed by atoms with Gasteiger partial charge >= 0.3 is 0 Å². The first-order chi connectivity index (χ1) is 5.84. The van der Waals surface area contributed by atoms with E-state index in [-0.39, 0.29) is 0 Å². The van der Waals surface area contributed by atoms with Crippen molar-refractivity contribution in [3.8, 4) is 0 Å². The highest BCUT2D eigenvalue weighted by Gasteiger charge is 1.98. The van der Waals surface area contributed by atoms with Crippen molar-refractivity contribution in [2.45, 2.75) is 6.54 Å². The maximum atomic E-state index is 4.02. The van der Waals surface area contributed by atoms with Crippen LogP contribution in [0, 0.1) is 0 Å². The molecule has 3 nitrogen and oxygen atoms in total. The van der Waals surface area contributed by atoms with Crippen molar-refractivity contribution in [1.29, 1.82) is 0 Å². The predicted octanol–water partition coefficient (Wildman–Crippen LogP) is 2.15. The van der Waals surface area contributed by atoms with Crippen molar-refractivity contribution in [2.24, 2.45) is 0 Å². The van der Waals surface area contributed by atoms with Crippen LogP contribution in [0.4, 0.5) is 0 Å². The summed E-state index contributed by atoms with van der Waals surface area (Å²) in [4.78, 5) is 5.14. The van der Waals surface area contributed by atoms with Crippen LogP contribution >= 0.6 is 27.3 Å². The van der Waals surface area contributed by atoms with Crippen molar-refractivity contribution >= 4 is 27.3 Å². The van der Waals surface area contributed by atoms with Gasteiger partial charge in [-0.2, -0.15) is 5.10 Å². The summed E-state index contributed by atoms with van der Waals surface area (Å²) in [7, 11) is 0. The third-order valence-electron chi connectivity index (χ3n) is 1.41. The molecule has 0 saturated heterocycles. The van der Waals surface area contributed by atoms with Crippen LogP contribution in [0.5, 0.6) is 0 Å². The SMILES string of the molecule is Brc1ccc(Cn2cncn2)s1. The molecule has 0 bridgehead atoms. The third-order valence-corrected chi connectivity index (χ3v) is 3.02. The van der Waals surface area contributed by atoms with Crippen molar-refractivity contribution in [3.63, 3.8) is 0 Å². The Hall–Kier alpha value is -0.680. The number of thiophene rings is 1. The molecule has 2 rings (SSSR count). The molecule has 0 unspecified atom stereocenters. The van der Waals surface area contributed by atoms with Gasteiger partial charge in [-0.25, -0.2) is 9.67 Å². The van der Waals surface area contributed by atoms with Crippen LogP contribution in [0.2, 0.25) is 0 Å². The average Bonchev–Trinajstić information content (AvgIpc) is 2.63. The van der Waals surface area contributed by atoms with Crippen LogP contribution in [-0.4, -0.2) is 14.8 Å². The smallest absolute Gasteiger partial charge is 0.137 e. The summed E-state index contributed by atoms with van der Waals surface area (Å²) in [6.07, 6.45) is 3.26. The zero-order valence-corrected chi connectivity index (χ0v) is 8.55. The first kappa shape index (κ1) is 7.94. The maximum absolute atomic E-state index is 4.02. The molecular formula is C7H6BrN3S. The first-order valence-corrected chi connectivity index (χ1v) is 5.02. The lowest BCUT2D eigenvalue weighted by molar-refractivity contribution is 0.693. The summed E-state index contributed by atoms with van der Waals surface area (Å²) >= 11 is 5.12. The summed E-state index contributed by atoms with van der Waals surface area (Å²) in [5.74, 6) is 0. The molecule has 0 N–H and O–H groups in total. The molecule has 0 aromatic carbocycles. The highest BCUT2D eigenvalue weighted by molar-refractivity contribution is 9.11. The van der Waals surface area contributed by atoms with E-state index in [0.29, 0.717) is 0 Å². The molecule has 0 aliphatic heterocycles. The van der Waals surface area contributed by atoms with Crippen LogP contribution in [0.15, 0.2) is 28.6 Å². The molecule has 0 atom stereocenters. The van der Waals surface area contributed by atoms with E-state index < -0.39 is 0 Å². The zero-order chi connectivity index (χ0) is 8.39. The Morgan fingerprint density at radius 1 is 1.50 bits per heavy atom. The maximum Gasteiger partial charge on any atom is 0.137 e.